The van der Waals surface area contributed by atoms with Crippen LogP contribution in [0.25, 0.3) is 6.08 Å². The predicted molar refractivity (Wildman–Crippen MR) is 99.8 cm³/mol. The number of aryl methyl sites for hydroxylation is 2. The third-order valence-corrected chi connectivity index (χ3v) is 3.85. The minimum Gasteiger partial charge on any atom is -0.497 e. The fourth-order valence-corrected chi connectivity index (χ4v) is 2.57. The van der Waals surface area contributed by atoms with Crippen molar-refractivity contribution in [3.05, 3.63) is 63.2 Å². The van der Waals surface area contributed by atoms with Crippen molar-refractivity contribution in [2.45, 2.75) is 13.8 Å². The average Bonchev–Trinajstić information content (AvgIpc) is 2.60. The lowest BCUT2D eigenvalue weighted by atomic mass is 10.0. The lowest BCUT2D eigenvalue weighted by Gasteiger charge is -2.09. The van der Waals surface area contributed by atoms with Crippen LogP contribution in [-0.4, -0.2) is 25.1 Å². The second kappa shape index (κ2) is 8.15. The van der Waals surface area contributed by atoms with Crippen LogP contribution in [0, 0.1) is 24.0 Å². The summed E-state index contributed by atoms with van der Waals surface area (Å²) < 4.78 is 10.2. The summed E-state index contributed by atoms with van der Waals surface area (Å²) in [5.74, 6) is 0.499. The van der Waals surface area contributed by atoms with Gasteiger partial charge in [-0.1, -0.05) is 0 Å². The Morgan fingerprint density at radius 1 is 1.12 bits per heavy atom. The molecule has 0 saturated carbocycles. The van der Waals surface area contributed by atoms with Gasteiger partial charge in [0.2, 0.25) is 5.91 Å². The number of rotatable bonds is 6. The van der Waals surface area contributed by atoms with Gasteiger partial charge in [0.25, 0.3) is 0 Å². The molecule has 2 aromatic carbocycles. The number of amides is 1. The number of hydrogen-bond acceptors (Lipinski definition) is 5. The smallest absolute Gasteiger partial charge is 0.312 e. The second-order valence-corrected chi connectivity index (χ2v) is 5.64. The Labute approximate surface area is 151 Å². The largest absolute Gasteiger partial charge is 0.497 e. The lowest BCUT2D eigenvalue weighted by molar-refractivity contribution is -0.385. The van der Waals surface area contributed by atoms with Gasteiger partial charge in [-0.05, 0) is 60.9 Å². The van der Waals surface area contributed by atoms with Crippen LogP contribution in [0.15, 0.2) is 36.4 Å². The van der Waals surface area contributed by atoms with Crippen molar-refractivity contribution < 1.29 is 19.2 Å². The first-order valence-corrected chi connectivity index (χ1v) is 7.82. The van der Waals surface area contributed by atoms with E-state index in [1.54, 1.807) is 19.3 Å². The quantitative estimate of drug-likeness (QED) is 0.482. The highest BCUT2D eigenvalue weighted by Crippen LogP contribution is 2.29. The van der Waals surface area contributed by atoms with E-state index in [1.165, 1.54) is 25.3 Å². The van der Waals surface area contributed by atoms with E-state index in [2.05, 4.69) is 5.32 Å². The molecule has 7 nitrogen and oxygen atoms in total. The zero-order valence-electron chi connectivity index (χ0n) is 15.0. The summed E-state index contributed by atoms with van der Waals surface area (Å²) in [5, 5.41) is 13.7. The second-order valence-electron chi connectivity index (χ2n) is 5.64. The van der Waals surface area contributed by atoms with E-state index in [1.807, 2.05) is 26.0 Å². The molecule has 0 unspecified atom stereocenters. The topological polar surface area (TPSA) is 90.7 Å². The van der Waals surface area contributed by atoms with E-state index in [0.717, 1.165) is 22.4 Å². The molecule has 7 heteroatoms. The van der Waals surface area contributed by atoms with E-state index >= 15 is 0 Å². The van der Waals surface area contributed by atoms with Crippen LogP contribution in [0.5, 0.6) is 11.5 Å². The van der Waals surface area contributed by atoms with Crippen LogP contribution in [0.1, 0.15) is 16.7 Å². The molecule has 0 aliphatic rings. The number of benzene rings is 2. The number of carbonyl (C=O) groups excluding carboxylic acids is 1. The Morgan fingerprint density at radius 2 is 1.77 bits per heavy atom. The zero-order chi connectivity index (χ0) is 19.3. The summed E-state index contributed by atoms with van der Waals surface area (Å²) in [6.45, 7) is 3.86. The minimum absolute atomic E-state index is 0.132. The molecule has 0 heterocycles. The Balaban J connectivity index is 2.18. The van der Waals surface area contributed by atoms with E-state index in [-0.39, 0.29) is 17.3 Å². The van der Waals surface area contributed by atoms with Crippen molar-refractivity contribution in [2.24, 2.45) is 0 Å². The summed E-state index contributed by atoms with van der Waals surface area (Å²) >= 11 is 0. The minimum atomic E-state index is -0.561. The molecule has 0 bridgehead atoms. The first-order chi connectivity index (χ1) is 12.3. The SMILES string of the molecule is COc1cc(C)c(/C=C/C(=O)Nc2ccc(OC)c([N+](=O)[O-])c2)c(C)c1. The normalized spacial score (nSPS) is 10.6. The van der Waals surface area contributed by atoms with E-state index in [9.17, 15) is 14.9 Å². The van der Waals surface area contributed by atoms with Crippen LogP contribution in [0.3, 0.4) is 0 Å². The molecule has 2 rings (SSSR count). The molecule has 0 aliphatic carbocycles. The van der Waals surface area contributed by atoms with Crippen molar-refractivity contribution in [3.63, 3.8) is 0 Å². The summed E-state index contributed by atoms with van der Waals surface area (Å²) in [6, 6.07) is 8.01. The maximum atomic E-state index is 12.1. The molecule has 1 amide bonds. The standard InChI is InChI=1S/C19H20N2O5/c1-12-9-15(25-3)10-13(2)16(12)6-8-19(22)20-14-5-7-18(26-4)17(11-14)21(23)24/h5-11H,1-4H3,(H,20,22)/b8-6+. The number of nitrogens with one attached hydrogen (secondary N) is 1. The molecular weight excluding hydrogens is 336 g/mol. The van der Waals surface area contributed by atoms with Gasteiger partial charge >= 0.3 is 5.69 Å². The highest BCUT2D eigenvalue weighted by Gasteiger charge is 2.15. The number of anilines is 1. The zero-order valence-corrected chi connectivity index (χ0v) is 15.0. The molecule has 1 N–H and O–H groups in total. The Morgan fingerprint density at radius 3 is 2.31 bits per heavy atom. The third kappa shape index (κ3) is 4.38. The van der Waals surface area contributed by atoms with Gasteiger partial charge in [0.15, 0.2) is 5.75 Å². The Bertz CT molecular complexity index is 851. The number of nitro groups is 1. The lowest BCUT2D eigenvalue weighted by Crippen LogP contribution is -2.08. The first-order valence-electron chi connectivity index (χ1n) is 7.82. The molecule has 0 aromatic heterocycles. The number of hydrogen-bond donors (Lipinski definition) is 1. The summed E-state index contributed by atoms with van der Waals surface area (Å²) in [5.41, 5.74) is 2.98. The monoisotopic (exact) mass is 356 g/mol. The molecular formula is C19H20N2O5. The Kier molecular flexibility index (Phi) is 5.95. The predicted octanol–water partition coefficient (Wildman–Crippen LogP) is 3.88. The average molecular weight is 356 g/mol. The van der Waals surface area contributed by atoms with Crippen molar-refractivity contribution in [1.82, 2.24) is 0 Å². The van der Waals surface area contributed by atoms with Crippen molar-refractivity contribution in [2.75, 3.05) is 19.5 Å². The van der Waals surface area contributed by atoms with Crippen LogP contribution in [0.4, 0.5) is 11.4 Å². The number of methoxy groups -OCH3 is 2. The number of nitrogens with zero attached hydrogens (tertiary/aromatic N) is 1. The number of ether oxygens (including phenoxy) is 2. The number of carbonyl (C=O) groups is 1. The highest BCUT2D eigenvalue weighted by molar-refractivity contribution is 6.02. The molecule has 0 radical (unpaired) electrons. The van der Waals surface area contributed by atoms with Crippen LogP contribution >= 0.6 is 0 Å². The molecule has 26 heavy (non-hydrogen) atoms. The highest BCUT2D eigenvalue weighted by atomic mass is 16.6. The van der Waals surface area contributed by atoms with Gasteiger partial charge in [0.1, 0.15) is 5.75 Å². The van der Waals surface area contributed by atoms with Crippen molar-refractivity contribution in [3.8, 4) is 11.5 Å². The van der Waals surface area contributed by atoms with E-state index in [4.69, 9.17) is 9.47 Å². The molecule has 2 aromatic rings. The molecule has 136 valence electrons. The van der Waals surface area contributed by atoms with Gasteiger partial charge in [0, 0.05) is 17.8 Å². The van der Waals surface area contributed by atoms with Crippen LogP contribution in [0.2, 0.25) is 0 Å². The maximum absolute atomic E-state index is 12.1. The van der Waals surface area contributed by atoms with Crippen molar-refractivity contribution in [1.29, 1.82) is 0 Å². The van der Waals surface area contributed by atoms with Gasteiger partial charge in [0.05, 0.1) is 19.1 Å². The first kappa shape index (κ1) is 19.0. The Hall–Kier alpha value is -3.35. The van der Waals surface area contributed by atoms with Crippen molar-refractivity contribution >= 4 is 23.4 Å². The fraction of sp³-hybridized carbons (Fsp3) is 0.211. The van der Waals surface area contributed by atoms with Gasteiger partial charge < -0.3 is 14.8 Å². The number of nitro benzene ring substituents is 1. The summed E-state index contributed by atoms with van der Waals surface area (Å²) in [6.07, 6.45) is 3.09. The molecule has 0 aliphatic heterocycles. The van der Waals surface area contributed by atoms with Gasteiger partial charge in [-0.3, -0.25) is 14.9 Å². The van der Waals surface area contributed by atoms with E-state index in [0.29, 0.717) is 5.69 Å². The van der Waals surface area contributed by atoms with Crippen LogP contribution < -0.4 is 14.8 Å². The van der Waals surface area contributed by atoms with Gasteiger partial charge in [-0.25, -0.2) is 0 Å². The molecule has 0 fully saturated rings. The summed E-state index contributed by atoms with van der Waals surface area (Å²) in [4.78, 5) is 22.6. The maximum Gasteiger partial charge on any atom is 0.312 e. The molecule has 0 atom stereocenters. The van der Waals surface area contributed by atoms with Gasteiger partial charge in [-0.15, -0.1) is 0 Å². The molecule has 0 spiro atoms. The summed E-state index contributed by atoms with van der Waals surface area (Å²) in [7, 11) is 2.95. The molecule has 0 saturated heterocycles. The van der Waals surface area contributed by atoms with Gasteiger partial charge in [-0.2, -0.15) is 0 Å². The van der Waals surface area contributed by atoms with E-state index < -0.39 is 4.92 Å². The fourth-order valence-electron chi connectivity index (χ4n) is 2.57. The third-order valence-electron chi connectivity index (χ3n) is 3.85. The van der Waals surface area contributed by atoms with Crippen LogP contribution in [-0.2, 0) is 4.79 Å².